The van der Waals surface area contributed by atoms with E-state index in [4.69, 9.17) is 0 Å². The lowest BCUT2D eigenvalue weighted by Gasteiger charge is -2.53. The maximum absolute atomic E-state index is 10.9. The van der Waals surface area contributed by atoms with E-state index in [-0.39, 0.29) is 11.3 Å². The summed E-state index contributed by atoms with van der Waals surface area (Å²) in [6.07, 6.45) is 8.06. The van der Waals surface area contributed by atoms with Crippen molar-refractivity contribution in [1.82, 2.24) is 0 Å². The highest BCUT2D eigenvalue weighted by Gasteiger charge is 2.51. The van der Waals surface area contributed by atoms with Gasteiger partial charge in [0.15, 0.2) is 0 Å². The molecule has 0 aromatic carbocycles. The van der Waals surface area contributed by atoms with Gasteiger partial charge < -0.3 is 10.2 Å². The molecule has 2 N–H and O–H groups in total. The molecule has 2 nitrogen and oxygen atoms in total. The minimum Gasteiger partial charge on any atom is -0.389 e. The van der Waals surface area contributed by atoms with Crippen LogP contribution in [0.15, 0.2) is 23.3 Å². The summed E-state index contributed by atoms with van der Waals surface area (Å²) in [5.41, 5.74) is 2.13. The van der Waals surface area contributed by atoms with Gasteiger partial charge in [-0.2, -0.15) is 0 Å². The molecule has 0 unspecified atom stereocenters. The normalized spacial score (nSPS) is 54.4. The van der Waals surface area contributed by atoms with E-state index < -0.39 is 11.7 Å². The second-order valence-electron chi connectivity index (χ2n) is 8.69. The lowest BCUT2D eigenvalue weighted by atomic mass is 9.53. The molecule has 0 saturated heterocycles. The zero-order chi connectivity index (χ0) is 16.3. The van der Waals surface area contributed by atoms with Gasteiger partial charge in [0.25, 0.3) is 0 Å². The molecule has 2 heteroatoms. The van der Waals surface area contributed by atoms with Gasteiger partial charge in [-0.15, -0.1) is 0 Å². The zero-order valence-electron chi connectivity index (χ0n) is 14.8. The summed E-state index contributed by atoms with van der Waals surface area (Å²) in [6.45, 7) is 11.1. The van der Waals surface area contributed by atoms with Crippen LogP contribution < -0.4 is 0 Å². The summed E-state index contributed by atoms with van der Waals surface area (Å²) in [5.74, 6) is 1.61. The monoisotopic (exact) mass is 304 g/mol. The average Bonchev–Trinajstić information content (AvgIpc) is 2.46. The summed E-state index contributed by atoms with van der Waals surface area (Å²) in [6, 6.07) is 0. The van der Waals surface area contributed by atoms with Crippen molar-refractivity contribution < 1.29 is 10.2 Å². The van der Waals surface area contributed by atoms with Crippen LogP contribution >= 0.6 is 0 Å². The van der Waals surface area contributed by atoms with Crippen molar-refractivity contribution >= 4 is 0 Å². The Balaban J connectivity index is 2.11. The number of rotatable bonds is 0. The molecule has 3 aliphatic carbocycles. The summed E-state index contributed by atoms with van der Waals surface area (Å²) in [7, 11) is 0. The first-order chi connectivity index (χ1) is 10.2. The van der Waals surface area contributed by atoms with E-state index in [1.54, 1.807) is 0 Å². The summed E-state index contributed by atoms with van der Waals surface area (Å²) in [4.78, 5) is 0. The molecule has 22 heavy (non-hydrogen) atoms. The highest BCUT2D eigenvalue weighted by molar-refractivity contribution is 5.29. The summed E-state index contributed by atoms with van der Waals surface area (Å²) < 4.78 is 0. The number of aliphatic hydroxyl groups is 2. The van der Waals surface area contributed by atoms with Crippen LogP contribution in [-0.2, 0) is 0 Å². The molecule has 0 radical (unpaired) electrons. The van der Waals surface area contributed by atoms with Gasteiger partial charge in [0, 0.05) is 5.92 Å². The molecular formula is C20H32O2. The molecule has 0 spiro atoms. The van der Waals surface area contributed by atoms with Crippen LogP contribution in [0.25, 0.3) is 0 Å². The molecule has 0 amide bonds. The van der Waals surface area contributed by atoms with Gasteiger partial charge >= 0.3 is 0 Å². The van der Waals surface area contributed by atoms with Crippen LogP contribution in [0.1, 0.15) is 60.3 Å². The van der Waals surface area contributed by atoms with Crippen molar-refractivity contribution in [2.24, 2.45) is 29.1 Å². The predicted octanol–water partition coefficient (Wildman–Crippen LogP) is 4.08. The van der Waals surface area contributed by atoms with Gasteiger partial charge in [-0.05, 0) is 62.7 Å². The van der Waals surface area contributed by atoms with Crippen LogP contribution in [0.2, 0.25) is 0 Å². The van der Waals surface area contributed by atoms with Crippen LogP contribution in [0.5, 0.6) is 0 Å². The van der Waals surface area contributed by atoms with Crippen LogP contribution in [0, 0.1) is 29.1 Å². The van der Waals surface area contributed by atoms with E-state index in [0.29, 0.717) is 24.2 Å². The number of fused-ring (bicyclic) bond motifs is 4. The number of hydrogen-bond acceptors (Lipinski definition) is 2. The Morgan fingerprint density at radius 1 is 1.18 bits per heavy atom. The molecule has 0 aromatic heterocycles. The third-order valence-electron chi connectivity index (χ3n) is 7.53. The quantitative estimate of drug-likeness (QED) is 0.662. The smallest absolute Gasteiger partial charge is 0.0895 e. The maximum Gasteiger partial charge on any atom is 0.0895 e. The summed E-state index contributed by atoms with van der Waals surface area (Å²) in [5, 5.41) is 21.6. The van der Waals surface area contributed by atoms with Gasteiger partial charge in [0.2, 0.25) is 0 Å². The third kappa shape index (κ3) is 2.22. The van der Waals surface area contributed by atoms with E-state index in [2.05, 4.69) is 39.8 Å². The Bertz CT molecular complexity index is 516. The third-order valence-corrected chi connectivity index (χ3v) is 7.53. The fourth-order valence-corrected chi connectivity index (χ4v) is 5.21. The van der Waals surface area contributed by atoms with Crippen LogP contribution in [-0.4, -0.2) is 21.9 Å². The average molecular weight is 304 g/mol. The standard InChI is InChI=1S/C20H32O2/c1-12-8-10-19(4)13(2)6-7-16(14(19)3)17-15(12)9-11-20(5,22)18(17)21/h7-8,13-15,17-18,21-22H,6,9-11H2,1-5H3/b12-8-/t13-,14-,15-,17+,18+,19+,20+/m1/s1. The highest BCUT2D eigenvalue weighted by Crippen LogP contribution is 2.56. The van der Waals surface area contributed by atoms with Crippen molar-refractivity contribution in [3.05, 3.63) is 23.3 Å². The largest absolute Gasteiger partial charge is 0.389 e. The van der Waals surface area contributed by atoms with Gasteiger partial charge in [-0.1, -0.05) is 44.1 Å². The van der Waals surface area contributed by atoms with Gasteiger partial charge in [-0.3, -0.25) is 0 Å². The van der Waals surface area contributed by atoms with Crippen molar-refractivity contribution in [3.8, 4) is 0 Å². The Labute approximate surface area is 135 Å². The molecule has 1 fully saturated rings. The molecule has 0 aromatic rings. The molecule has 1 saturated carbocycles. The van der Waals surface area contributed by atoms with Gasteiger partial charge in [-0.25, -0.2) is 0 Å². The Hall–Kier alpha value is -0.600. The Morgan fingerprint density at radius 3 is 2.55 bits per heavy atom. The molecule has 7 atom stereocenters. The minimum atomic E-state index is -0.958. The van der Waals surface area contributed by atoms with Crippen molar-refractivity contribution in [3.63, 3.8) is 0 Å². The van der Waals surface area contributed by atoms with Crippen LogP contribution in [0.3, 0.4) is 0 Å². The molecular weight excluding hydrogens is 272 g/mol. The van der Waals surface area contributed by atoms with Crippen molar-refractivity contribution in [2.75, 3.05) is 0 Å². The van der Waals surface area contributed by atoms with Gasteiger partial charge in [0.1, 0.15) is 0 Å². The first-order valence-corrected chi connectivity index (χ1v) is 8.95. The van der Waals surface area contributed by atoms with Crippen molar-refractivity contribution in [2.45, 2.75) is 72.0 Å². The lowest BCUT2D eigenvalue weighted by Crippen LogP contribution is -2.54. The number of aliphatic hydroxyl groups excluding tert-OH is 1. The molecule has 2 bridgehead atoms. The number of allylic oxidation sites excluding steroid dienone is 3. The highest BCUT2D eigenvalue weighted by atomic mass is 16.3. The fraction of sp³-hybridized carbons (Fsp3) is 0.800. The molecule has 3 rings (SSSR count). The molecule has 0 aliphatic heterocycles. The lowest BCUT2D eigenvalue weighted by molar-refractivity contribution is -0.122. The first-order valence-electron chi connectivity index (χ1n) is 8.95. The van der Waals surface area contributed by atoms with E-state index in [1.165, 1.54) is 11.1 Å². The van der Waals surface area contributed by atoms with Crippen LogP contribution in [0.4, 0.5) is 0 Å². The van der Waals surface area contributed by atoms with Gasteiger partial charge in [0.05, 0.1) is 11.7 Å². The molecule has 124 valence electrons. The van der Waals surface area contributed by atoms with Crippen molar-refractivity contribution in [1.29, 1.82) is 0 Å². The van der Waals surface area contributed by atoms with E-state index >= 15 is 0 Å². The first kappa shape index (κ1) is 16.3. The Morgan fingerprint density at radius 2 is 1.86 bits per heavy atom. The minimum absolute atomic E-state index is 0.0853. The SMILES string of the molecule is C/C1=C/C[C@@]2(C)[C@H](C)CC=C([C@@H]3[C@@H]1CC[C@](C)(O)[C@H]3O)[C@H]2C. The maximum atomic E-state index is 10.9. The van der Waals surface area contributed by atoms with E-state index in [1.807, 2.05) is 6.92 Å². The zero-order valence-corrected chi connectivity index (χ0v) is 14.8. The molecule has 0 heterocycles. The topological polar surface area (TPSA) is 40.5 Å². The second kappa shape index (κ2) is 5.21. The van der Waals surface area contributed by atoms with E-state index in [0.717, 1.165) is 19.3 Å². The van der Waals surface area contributed by atoms with E-state index in [9.17, 15) is 10.2 Å². The number of hydrogen-bond donors (Lipinski definition) is 2. The second-order valence-corrected chi connectivity index (χ2v) is 8.69. The fourth-order valence-electron chi connectivity index (χ4n) is 5.21. The summed E-state index contributed by atoms with van der Waals surface area (Å²) >= 11 is 0. The Kier molecular flexibility index (Phi) is 3.85. The molecule has 3 aliphatic rings. The predicted molar refractivity (Wildman–Crippen MR) is 90.4 cm³/mol.